The number of nitrogens with two attached hydrogens (primary N) is 1. The van der Waals surface area contributed by atoms with Crippen molar-refractivity contribution in [3.05, 3.63) is 59.5 Å². The number of pyridine rings is 1. The van der Waals surface area contributed by atoms with Crippen molar-refractivity contribution in [3.63, 3.8) is 0 Å². The van der Waals surface area contributed by atoms with Crippen LogP contribution in [0, 0.1) is 13.8 Å². The van der Waals surface area contributed by atoms with Gasteiger partial charge in [0.15, 0.2) is 0 Å². The van der Waals surface area contributed by atoms with E-state index in [2.05, 4.69) is 15.3 Å². The quantitative estimate of drug-likeness (QED) is 0.572. The van der Waals surface area contributed by atoms with Crippen LogP contribution >= 0.6 is 0 Å². The van der Waals surface area contributed by atoms with Crippen LogP contribution in [-0.4, -0.2) is 28.7 Å². The molecular weight excluding hydrogens is 372 g/mol. The van der Waals surface area contributed by atoms with Gasteiger partial charge in [-0.3, -0.25) is 4.99 Å². The van der Waals surface area contributed by atoms with Crippen molar-refractivity contribution in [1.29, 1.82) is 0 Å². The number of nitrogens with one attached hydrogen (secondary N) is 1. The number of aryl methyl sites for hydroxylation is 2. The molecule has 2 aromatic heterocycles. The number of aromatic nitrogens is 2. The fraction of sp³-hybridized carbons (Fsp3) is 0.273. The lowest BCUT2D eigenvalue weighted by atomic mass is 9.99. The molecule has 5 nitrogen and oxygen atoms in total. The number of nitrogens with zero attached hydrogens (tertiary/aromatic N) is 3. The molecule has 0 unspecified atom stereocenters. The molecule has 0 aliphatic heterocycles. The number of fused-ring (bicyclic) bond motifs is 1. The van der Waals surface area contributed by atoms with E-state index >= 15 is 0 Å². The molecule has 0 bridgehead atoms. The standard InChI is InChI=1S/C22H25F2N5/c1-14-9-16(17(11-25)12-26-4)10-15(2)20(14)28-21-18-6-8-29(13-22(3,23)24)19(18)5-7-27-21/h5-12H,13,25H2,1-4H3,(H,27,28)/b17-11+,26-12?. The Hall–Kier alpha value is -3.22. The topological polar surface area (TPSA) is 68.2 Å². The number of hydrogen-bond donors (Lipinski definition) is 2. The van der Waals surface area contributed by atoms with E-state index in [0.29, 0.717) is 11.3 Å². The SMILES string of the molecule is CN=C/C(=C\N)c1cc(C)c(Nc2nccc3c2ccn3CC(C)(F)F)c(C)c1. The molecule has 29 heavy (non-hydrogen) atoms. The van der Waals surface area contributed by atoms with Gasteiger partial charge < -0.3 is 15.6 Å². The minimum absolute atomic E-state index is 0.375. The highest BCUT2D eigenvalue weighted by atomic mass is 19.3. The van der Waals surface area contributed by atoms with Gasteiger partial charge in [-0.1, -0.05) is 0 Å². The minimum atomic E-state index is -2.79. The molecule has 3 rings (SSSR count). The van der Waals surface area contributed by atoms with Crippen molar-refractivity contribution < 1.29 is 8.78 Å². The Balaban J connectivity index is 1.99. The third-order valence-electron chi connectivity index (χ3n) is 4.70. The monoisotopic (exact) mass is 397 g/mol. The number of aliphatic imine (C=N–C) groups is 1. The third kappa shape index (κ3) is 4.45. The fourth-order valence-electron chi connectivity index (χ4n) is 3.46. The van der Waals surface area contributed by atoms with Crippen molar-refractivity contribution in [2.75, 3.05) is 12.4 Å². The highest BCUT2D eigenvalue weighted by Gasteiger charge is 2.23. The Morgan fingerprint density at radius 3 is 2.55 bits per heavy atom. The Morgan fingerprint density at radius 2 is 1.97 bits per heavy atom. The van der Waals surface area contributed by atoms with Crippen molar-refractivity contribution in [1.82, 2.24) is 9.55 Å². The van der Waals surface area contributed by atoms with Crippen LogP contribution in [-0.2, 0) is 6.54 Å². The van der Waals surface area contributed by atoms with Crippen LogP contribution in [0.25, 0.3) is 16.5 Å². The zero-order chi connectivity index (χ0) is 21.2. The van der Waals surface area contributed by atoms with Gasteiger partial charge in [-0.05, 0) is 54.8 Å². The molecule has 0 aliphatic carbocycles. The van der Waals surface area contributed by atoms with E-state index in [-0.39, 0.29) is 6.54 Å². The number of rotatable bonds is 6. The number of hydrogen-bond acceptors (Lipinski definition) is 4. The second kappa shape index (κ2) is 8.03. The van der Waals surface area contributed by atoms with E-state index in [4.69, 9.17) is 5.73 Å². The van der Waals surface area contributed by atoms with E-state index in [9.17, 15) is 8.78 Å². The summed E-state index contributed by atoms with van der Waals surface area (Å²) in [6, 6.07) is 7.61. The highest BCUT2D eigenvalue weighted by molar-refractivity contribution is 6.09. The van der Waals surface area contributed by atoms with Gasteiger partial charge in [0, 0.05) is 55.4 Å². The molecule has 0 saturated carbocycles. The van der Waals surface area contributed by atoms with E-state index in [0.717, 1.165) is 40.3 Å². The van der Waals surface area contributed by atoms with Crippen molar-refractivity contribution in [2.24, 2.45) is 10.7 Å². The number of anilines is 2. The summed E-state index contributed by atoms with van der Waals surface area (Å²) in [6.45, 7) is 4.54. The van der Waals surface area contributed by atoms with Gasteiger partial charge in [-0.15, -0.1) is 0 Å². The Bertz CT molecular complexity index is 1070. The van der Waals surface area contributed by atoms with E-state index < -0.39 is 5.92 Å². The number of benzene rings is 1. The van der Waals surface area contributed by atoms with Crippen molar-refractivity contribution in [2.45, 2.75) is 33.2 Å². The summed E-state index contributed by atoms with van der Waals surface area (Å²) in [7, 11) is 1.70. The predicted molar refractivity (Wildman–Crippen MR) is 116 cm³/mol. The summed E-state index contributed by atoms with van der Waals surface area (Å²) in [5.41, 5.74) is 11.2. The van der Waals surface area contributed by atoms with Gasteiger partial charge in [0.25, 0.3) is 5.92 Å². The first-order valence-electron chi connectivity index (χ1n) is 9.28. The predicted octanol–water partition coefficient (Wildman–Crippen LogP) is 5.05. The van der Waals surface area contributed by atoms with Gasteiger partial charge in [0.1, 0.15) is 5.82 Å². The summed E-state index contributed by atoms with van der Waals surface area (Å²) in [5, 5.41) is 4.17. The molecule has 0 saturated heterocycles. The molecule has 152 valence electrons. The zero-order valence-corrected chi connectivity index (χ0v) is 17.0. The van der Waals surface area contributed by atoms with Crippen LogP contribution < -0.4 is 11.1 Å². The second-order valence-corrected chi connectivity index (χ2v) is 7.23. The zero-order valence-electron chi connectivity index (χ0n) is 17.0. The summed E-state index contributed by atoms with van der Waals surface area (Å²) in [4.78, 5) is 8.47. The van der Waals surface area contributed by atoms with Crippen molar-refractivity contribution in [3.8, 4) is 0 Å². The summed E-state index contributed by atoms with van der Waals surface area (Å²) >= 11 is 0. The Labute approximate surface area is 169 Å². The molecular formula is C22H25F2N5. The van der Waals surface area contributed by atoms with Crippen LogP contribution in [0.2, 0.25) is 0 Å². The Kier molecular flexibility index (Phi) is 5.68. The molecule has 7 heteroatoms. The molecule has 1 aromatic carbocycles. The van der Waals surface area contributed by atoms with Crippen molar-refractivity contribution >= 4 is 34.2 Å². The first kappa shape index (κ1) is 20.5. The molecule has 0 aliphatic rings. The molecule has 3 aromatic rings. The molecule has 0 atom stereocenters. The van der Waals surface area contributed by atoms with Gasteiger partial charge in [-0.2, -0.15) is 0 Å². The van der Waals surface area contributed by atoms with Gasteiger partial charge in [-0.25, -0.2) is 13.8 Å². The number of allylic oxidation sites excluding steroid dienone is 1. The summed E-state index contributed by atoms with van der Waals surface area (Å²) < 4.78 is 28.5. The summed E-state index contributed by atoms with van der Waals surface area (Å²) in [5.74, 6) is -2.16. The molecule has 0 radical (unpaired) electrons. The summed E-state index contributed by atoms with van der Waals surface area (Å²) in [6.07, 6.45) is 6.54. The fourth-order valence-corrected chi connectivity index (χ4v) is 3.46. The van der Waals surface area contributed by atoms with Crippen LogP contribution in [0.5, 0.6) is 0 Å². The highest BCUT2D eigenvalue weighted by Crippen LogP contribution is 2.31. The van der Waals surface area contributed by atoms with Gasteiger partial charge in [0.05, 0.1) is 12.1 Å². The molecule has 0 fully saturated rings. The van der Waals surface area contributed by atoms with Crippen LogP contribution in [0.3, 0.4) is 0 Å². The van der Waals surface area contributed by atoms with Gasteiger partial charge >= 0.3 is 0 Å². The van der Waals surface area contributed by atoms with Crippen LogP contribution in [0.4, 0.5) is 20.3 Å². The average molecular weight is 397 g/mol. The maximum atomic E-state index is 13.5. The van der Waals surface area contributed by atoms with E-state index in [1.165, 1.54) is 6.20 Å². The first-order valence-corrected chi connectivity index (χ1v) is 9.28. The third-order valence-corrected chi connectivity index (χ3v) is 4.70. The normalized spacial score (nSPS) is 12.8. The average Bonchev–Trinajstić information content (AvgIpc) is 3.04. The van der Waals surface area contributed by atoms with Crippen LogP contribution in [0.1, 0.15) is 23.6 Å². The maximum Gasteiger partial charge on any atom is 0.262 e. The minimum Gasteiger partial charge on any atom is -0.404 e. The number of halogens is 2. The smallest absolute Gasteiger partial charge is 0.262 e. The Morgan fingerprint density at radius 1 is 1.28 bits per heavy atom. The molecule has 0 spiro atoms. The largest absolute Gasteiger partial charge is 0.404 e. The lowest BCUT2D eigenvalue weighted by Gasteiger charge is -2.16. The first-order chi connectivity index (χ1) is 13.7. The maximum absolute atomic E-state index is 13.5. The van der Waals surface area contributed by atoms with E-state index in [1.54, 1.807) is 36.3 Å². The number of alkyl halides is 2. The molecule has 0 amide bonds. The molecule has 3 N–H and O–H groups in total. The molecule has 2 heterocycles. The lowest BCUT2D eigenvalue weighted by molar-refractivity contribution is 0.00510. The van der Waals surface area contributed by atoms with Gasteiger partial charge in [0.2, 0.25) is 0 Å². The van der Waals surface area contributed by atoms with E-state index in [1.807, 2.05) is 32.0 Å². The lowest BCUT2D eigenvalue weighted by Crippen LogP contribution is -2.18. The second-order valence-electron chi connectivity index (χ2n) is 7.23. The van der Waals surface area contributed by atoms with Crippen LogP contribution in [0.15, 0.2) is 47.9 Å².